The molecular formula is C18H17FN2O2. The van der Waals surface area contributed by atoms with Crippen LogP contribution in [0.5, 0.6) is 5.75 Å². The molecule has 0 saturated heterocycles. The molecule has 0 saturated carbocycles. The highest BCUT2D eigenvalue weighted by Gasteiger charge is 2.45. The summed E-state index contributed by atoms with van der Waals surface area (Å²) in [6.07, 6.45) is 8.08. The predicted molar refractivity (Wildman–Crippen MR) is 86.2 cm³/mol. The maximum Gasteiger partial charge on any atom is 0.176 e. The summed E-state index contributed by atoms with van der Waals surface area (Å²) in [4.78, 5) is 12.1. The van der Waals surface area contributed by atoms with Gasteiger partial charge in [0.05, 0.1) is 12.0 Å². The minimum absolute atomic E-state index is 0.0437. The van der Waals surface area contributed by atoms with Crippen LogP contribution >= 0.6 is 0 Å². The summed E-state index contributed by atoms with van der Waals surface area (Å²) in [5, 5.41) is 6.30. The first-order valence-corrected chi connectivity index (χ1v) is 7.82. The minimum Gasteiger partial charge on any atom is -0.489 e. The lowest BCUT2D eigenvalue weighted by molar-refractivity contribution is -0.111. The molecule has 2 heterocycles. The maximum atomic E-state index is 13.6. The van der Waals surface area contributed by atoms with E-state index in [1.807, 2.05) is 6.08 Å². The molecule has 4 rings (SSSR count). The second-order valence-corrected chi connectivity index (χ2v) is 6.06. The summed E-state index contributed by atoms with van der Waals surface area (Å²) in [5.74, 6) is 0.134. The van der Waals surface area contributed by atoms with E-state index < -0.39 is 0 Å². The third-order valence-corrected chi connectivity index (χ3v) is 4.59. The molecule has 23 heavy (non-hydrogen) atoms. The second-order valence-electron chi connectivity index (χ2n) is 6.06. The van der Waals surface area contributed by atoms with Crippen LogP contribution in [-0.2, 0) is 4.79 Å². The van der Waals surface area contributed by atoms with E-state index in [4.69, 9.17) is 4.74 Å². The normalized spacial score (nSPS) is 25.2. The number of hydrogen-bond donors (Lipinski definition) is 0. The summed E-state index contributed by atoms with van der Waals surface area (Å²) in [6.45, 7) is 1.97. The lowest BCUT2D eigenvalue weighted by Gasteiger charge is -2.34. The van der Waals surface area contributed by atoms with Crippen molar-refractivity contribution < 1.29 is 13.9 Å². The monoisotopic (exact) mass is 312 g/mol. The van der Waals surface area contributed by atoms with E-state index in [1.54, 1.807) is 11.1 Å². The van der Waals surface area contributed by atoms with Crippen LogP contribution in [0, 0.1) is 11.7 Å². The quantitative estimate of drug-likeness (QED) is 0.842. The molecule has 1 aliphatic carbocycles. The molecule has 0 spiro atoms. The van der Waals surface area contributed by atoms with Crippen molar-refractivity contribution in [3.05, 3.63) is 47.8 Å². The number of allylic oxidation sites excluding steroid dienone is 3. The van der Waals surface area contributed by atoms with Gasteiger partial charge in [-0.25, -0.2) is 4.39 Å². The Morgan fingerprint density at radius 1 is 1.43 bits per heavy atom. The highest BCUT2D eigenvalue weighted by Crippen LogP contribution is 2.42. The zero-order valence-corrected chi connectivity index (χ0v) is 12.8. The van der Waals surface area contributed by atoms with Crippen molar-refractivity contribution in [1.82, 2.24) is 0 Å². The molecule has 5 heteroatoms. The van der Waals surface area contributed by atoms with Gasteiger partial charge in [-0.1, -0.05) is 23.8 Å². The van der Waals surface area contributed by atoms with Crippen LogP contribution in [-0.4, -0.2) is 24.1 Å². The van der Waals surface area contributed by atoms with Gasteiger partial charge in [0.15, 0.2) is 5.78 Å². The molecule has 0 N–H and O–H groups in total. The predicted octanol–water partition coefficient (Wildman–Crippen LogP) is 3.24. The summed E-state index contributed by atoms with van der Waals surface area (Å²) in [5.41, 5.74) is 2.32. The van der Waals surface area contributed by atoms with Crippen LogP contribution in [0.1, 0.15) is 19.8 Å². The van der Waals surface area contributed by atoms with E-state index in [1.165, 1.54) is 24.6 Å². The topological polar surface area (TPSA) is 41.9 Å². The molecule has 0 amide bonds. The van der Waals surface area contributed by atoms with E-state index in [0.29, 0.717) is 23.8 Å². The average molecular weight is 312 g/mol. The molecule has 0 fully saturated rings. The fourth-order valence-corrected chi connectivity index (χ4v) is 3.53. The Labute approximate surface area is 133 Å². The molecule has 2 atom stereocenters. The molecule has 0 radical (unpaired) electrons. The van der Waals surface area contributed by atoms with E-state index in [0.717, 1.165) is 12.8 Å². The van der Waals surface area contributed by atoms with Gasteiger partial charge >= 0.3 is 0 Å². The van der Waals surface area contributed by atoms with E-state index >= 15 is 0 Å². The van der Waals surface area contributed by atoms with E-state index in [2.05, 4.69) is 17.3 Å². The highest BCUT2D eigenvalue weighted by atomic mass is 19.1. The molecule has 1 aromatic rings. The van der Waals surface area contributed by atoms with Gasteiger partial charge in [-0.05, 0) is 25.0 Å². The lowest BCUT2D eigenvalue weighted by atomic mass is 9.82. The first kappa shape index (κ1) is 14.2. The van der Waals surface area contributed by atoms with Crippen molar-refractivity contribution in [2.45, 2.75) is 25.8 Å². The van der Waals surface area contributed by atoms with Gasteiger partial charge in [-0.2, -0.15) is 5.10 Å². The molecule has 3 aliphatic rings. The van der Waals surface area contributed by atoms with Gasteiger partial charge in [0.1, 0.15) is 29.6 Å². The Kier molecular flexibility index (Phi) is 3.29. The molecule has 0 unspecified atom stereocenters. The van der Waals surface area contributed by atoms with Crippen molar-refractivity contribution >= 4 is 17.2 Å². The standard InChI is InChI=1S/C18H17FN2O2/c1-11(22)18-17(12-5-3-2-4-6-12)15-10-23-16-8-7-13(19)9-14(16)21(15)20-18/h2-3,5,7-9,15,17H,4,6,10H2,1H3/t15-,17+/m0/s1. The van der Waals surface area contributed by atoms with Gasteiger partial charge < -0.3 is 4.74 Å². The smallest absolute Gasteiger partial charge is 0.176 e. The Balaban J connectivity index is 1.79. The zero-order chi connectivity index (χ0) is 16.0. The van der Waals surface area contributed by atoms with Crippen molar-refractivity contribution in [3.63, 3.8) is 0 Å². The Hall–Kier alpha value is -2.43. The summed E-state index contributed by atoms with van der Waals surface area (Å²) >= 11 is 0. The van der Waals surface area contributed by atoms with Gasteiger partial charge in [0.2, 0.25) is 0 Å². The number of halogens is 1. The maximum absolute atomic E-state index is 13.6. The van der Waals surface area contributed by atoms with Crippen LogP contribution in [0.4, 0.5) is 10.1 Å². The molecule has 1 aromatic carbocycles. The number of anilines is 1. The Morgan fingerprint density at radius 3 is 3.04 bits per heavy atom. The second kappa shape index (κ2) is 5.33. The van der Waals surface area contributed by atoms with Gasteiger partial charge in [-0.3, -0.25) is 9.80 Å². The number of ether oxygens (including phenoxy) is 1. The van der Waals surface area contributed by atoms with Crippen LogP contribution in [0.2, 0.25) is 0 Å². The minimum atomic E-state index is -0.337. The third kappa shape index (κ3) is 2.27. The molecule has 118 valence electrons. The van der Waals surface area contributed by atoms with E-state index in [9.17, 15) is 9.18 Å². The fraction of sp³-hybridized carbons (Fsp3) is 0.333. The first-order valence-electron chi connectivity index (χ1n) is 7.82. The number of hydrogen-bond acceptors (Lipinski definition) is 4. The number of ketones is 1. The number of rotatable bonds is 2. The average Bonchev–Trinajstić information content (AvgIpc) is 2.96. The van der Waals surface area contributed by atoms with Crippen molar-refractivity contribution in [2.24, 2.45) is 11.0 Å². The summed E-state index contributed by atoms with van der Waals surface area (Å²) in [6, 6.07) is 4.30. The zero-order valence-electron chi connectivity index (χ0n) is 12.8. The number of hydrazone groups is 1. The number of carbonyl (C=O) groups is 1. The van der Waals surface area contributed by atoms with E-state index in [-0.39, 0.29) is 23.6 Å². The molecule has 4 nitrogen and oxygen atoms in total. The SMILES string of the molecule is CC(=O)C1=NN2c3cc(F)ccc3OC[C@H]2[C@H]1C1=CC=CCC1. The van der Waals surface area contributed by atoms with Gasteiger partial charge in [0, 0.05) is 13.0 Å². The first-order chi connectivity index (χ1) is 11.1. The van der Waals surface area contributed by atoms with Crippen molar-refractivity contribution in [3.8, 4) is 5.75 Å². The molecule has 0 bridgehead atoms. The van der Waals surface area contributed by atoms with Crippen LogP contribution in [0.25, 0.3) is 0 Å². The Bertz CT molecular complexity index is 766. The number of Topliss-reactive ketones (excluding diaryl/α,β-unsaturated/α-hetero) is 1. The number of nitrogens with zero attached hydrogens (tertiary/aromatic N) is 2. The number of fused-ring (bicyclic) bond motifs is 3. The summed E-state index contributed by atoms with van der Waals surface area (Å²) in [7, 11) is 0. The lowest BCUT2D eigenvalue weighted by Crippen LogP contribution is -2.43. The summed E-state index contributed by atoms with van der Waals surface area (Å²) < 4.78 is 19.4. The molecule has 0 aromatic heterocycles. The van der Waals surface area contributed by atoms with Gasteiger partial charge in [-0.15, -0.1) is 0 Å². The fourth-order valence-electron chi connectivity index (χ4n) is 3.53. The Morgan fingerprint density at radius 2 is 2.30 bits per heavy atom. The van der Waals surface area contributed by atoms with Crippen molar-refractivity contribution in [1.29, 1.82) is 0 Å². The van der Waals surface area contributed by atoms with Gasteiger partial charge in [0.25, 0.3) is 0 Å². The third-order valence-electron chi connectivity index (χ3n) is 4.59. The number of benzene rings is 1. The largest absolute Gasteiger partial charge is 0.489 e. The van der Waals surface area contributed by atoms with Crippen LogP contribution in [0.3, 0.4) is 0 Å². The molecular weight excluding hydrogens is 295 g/mol. The van der Waals surface area contributed by atoms with Crippen LogP contribution in [0.15, 0.2) is 47.1 Å². The molecule has 2 aliphatic heterocycles. The number of carbonyl (C=O) groups excluding carboxylic acids is 1. The van der Waals surface area contributed by atoms with Crippen LogP contribution < -0.4 is 9.75 Å². The highest BCUT2D eigenvalue weighted by molar-refractivity contribution is 6.41. The van der Waals surface area contributed by atoms with Crippen molar-refractivity contribution in [2.75, 3.05) is 11.6 Å².